The van der Waals surface area contributed by atoms with E-state index in [1.807, 2.05) is 18.2 Å². The van der Waals surface area contributed by atoms with E-state index in [1.165, 1.54) is 32.1 Å². The van der Waals surface area contributed by atoms with Crippen LogP contribution in [0.2, 0.25) is 0 Å². The SMILES string of the molecule is c1cc2c(cc1-c1n[nH]c(C3CCCCC3)n1)OCCO2. The van der Waals surface area contributed by atoms with Gasteiger partial charge >= 0.3 is 0 Å². The molecule has 5 heteroatoms. The number of ether oxygens (including phenoxy) is 2. The van der Waals surface area contributed by atoms with Crippen LogP contribution >= 0.6 is 0 Å². The minimum Gasteiger partial charge on any atom is -0.486 e. The standard InChI is InChI=1S/C16H19N3O2/c1-2-4-11(5-3-1)15-17-16(19-18-15)12-6-7-13-14(10-12)21-9-8-20-13/h6-7,10-11H,1-5,8-9H2,(H,17,18,19). The summed E-state index contributed by atoms with van der Waals surface area (Å²) in [5, 5.41) is 7.50. The van der Waals surface area contributed by atoms with Crippen molar-refractivity contribution in [3.05, 3.63) is 24.0 Å². The van der Waals surface area contributed by atoms with Gasteiger partial charge in [-0.05, 0) is 31.0 Å². The Kier molecular flexibility index (Phi) is 3.25. The second kappa shape index (κ2) is 5.39. The molecular formula is C16H19N3O2. The third kappa shape index (κ3) is 2.48. The fourth-order valence-corrected chi connectivity index (χ4v) is 3.14. The number of hydrogen-bond acceptors (Lipinski definition) is 4. The molecule has 0 spiro atoms. The number of H-pyrrole nitrogens is 1. The van der Waals surface area contributed by atoms with Crippen molar-refractivity contribution in [2.45, 2.75) is 38.0 Å². The van der Waals surface area contributed by atoms with Crippen LogP contribution in [0, 0.1) is 0 Å². The van der Waals surface area contributed by atoms with Gasteiger partial charge < -0.3 is 9.47 Å². The first-order valence-electron chi connectivity index (χ1n) is 7.72. The normalized spacial score (nSPS) is 18.7. The van der Waals surface area contributed by atoms with Crippen LogP contribution in [0.15, 0.2) is 18.2 Å². The maximum absolute atomic E-state index is 5.62. The molecule has 2 aliphatic rings. The van der Waals surface area contributed by atoms with E-state index in [-0.39, 0.29) is 0 Å². The number of benzene rings is 1. The summed E-state index contributed by atoms with van der Waals surface area (Å²) in [6.45, 7) is 1.20. The quantitative estimate of drug-likeness (QED) is 0.919. The summed E-state index contributed by atoms with van der Waals surface area (Å²) >= 11 is 0. The van der Waals surface area contributed by atoms with Crippen molar-refractivity contribution in [2.24, 2.45) is 0 Å². The molecule has 1 fully saturated rings. The average molecular weight is 285 g/mol. The van der Waals surface area contributed by atoms with Crippen molar-refractivity contribution >= 4 is 0 Å². The van der Waals surface area contributed by atoms with Crippen LogP contribution in [0.1, 0.15) is 43.8 Å². The van der Waals surface area contributed by atoms with Crippen molar-refractivity contribution in [1.29, 1.82) is 0 Å². The number of hydrogen-bond donors (Lipinski definition) is 1. The second-order valence-corrected chi connectivity index (χ2v) is 5.74. The maximum atomic E-state index is 5.62. The summed E-state index contributed by atoms with van der Waals surface area (Å²) in [4.78, 5) is 4.69. The molecule has 1 aliphatic heterocycles. The van der Waals surface area contributed by atoms with Gasteiger partial charge in [0.1, 0.15) is 19.0 Å². The summed E-state index contributed by atoms with van der Waals surface area (Å²) < 4.78 is 11.2. The van der Waals surface area contributed by atoms with Crippen molar-refractivity contribution in [3.63, 3.8) is 0 Å². The molecule has 0 radical (unpaired) electrons. The molecule has 4 rings (SSSR count). The Balaban J connectivity index is 1.60. The second-order valence-electron chi connectivity index (χ2n) is 5.74. The lowest BCUT2D eigenvalue weighted by atomic mass is 9.89. The molecule has 0 bridgehead atoms. The highest BCUT2D eigenvalue weighted by molar-refractivity contribution is 5.61. The monoisotopic (exact) mass is 285 g/mol. The van der Waals surface area contributed by atoms with Crippen LogP contribution in [0.4, 0.5) is 0 Å². The number of rotatable bonds is 2. The first kappa shape index (κ1) is 12.7. The lowest BCUT2D eigenvalue weighted by Gasteiger charge is -2.19. The molecule has 1 N–H and O–H groups in total. The highest BCUT2D eigenvalue weighted by Gasteiger charge is 2.20. The molecule has 0 atom stereocenters. The third-order valence-electron chi connectivity index (χ3n) is 4.29. The van der Waals surface area contributed by atoms with Gasteiger partial charge in [0.2, 0.25) is 0 Å². The highest BCUT2D eigenvalue weighted by Crippen LogP contribution is 2.35. The molecule has 1 saturated carbocycles. The van der Waals surface area contributed by atoms with E-state index in [9.17, 15) is 0 Å². The lowest BCUT2D eigenvalue weighted by Crippen LogP contribution is -2.15. The molecular weight excluding hydrogens is 266 g/mol. The topological polar surface area (TPSA) is 60.0 Å². The highest BCUT2D eigenvalue weighted by atomic mass is 16.6. The lowest BCUT2D eigenvalue weighted by molar-refractivity contribution is 0.171. The van der Waals surface area contributed by atoms with Gasteiger partial charge in [-0.3, -0.25) is 5.10 Å². The zero-order valence-electron chi connectivity index (χ0n) is 12.0. The Hall–Kier alpha value is -2.04. The Morgan fingerprint density at radius 3 is 2.67 bits per heavy atom. The molecule has 2 heterocycles. The van der Waals surface area contributed by atoms with Gasteiger partial charge in [-0.25, -0.2) is 4.98 Å². The van der Waals surface area contributed by atoms with E-state index in [1.54, 1.807) is 0 Å². The minimum atomic E-state index is 0.539. The minimum absolute atomic E-state index is 0.539. The van der Waals surface area contributed by atoms with E-state index in [0.717, 1.165) is 28.7 Å². The van der Waals surface area contributed by atoms with Gasteiger partial charge in [-0.15, -0.1) is 0 Å². The van der Waals surface area contributed by atoms with Crippen molar-refractivity contribution in [3.8, 4) is 22.9 Å². The largest absolute Gasteiger partial charge is 0.486 e. The van der Waals surface area contributed by atoms with Crippen LogP contribution in [-0.2, 0) is 0 Å². The van der Waals surface area contributed by atoms with Crippen LogP contribution in [-0.4, -0.2) is 28.4 Å². The fourth-order valence-electron chi connectivity index (χ4n) is 3.14. The zero-order valence-corrected chi connectivity index (χ0v) is 12.0. The molecule has 1 aromatic carbocycles. The number of nitrogens with one attached hydrogen (secondary N) is 1. The summed E-state index contributed by atoms with van der Waals surface area (Å²) in [7, 11) is 0. The van der Waals surface area contributed by atoms with E-state index in [4.69, 9.17) is 14.5 Å². The van der Waals surface area contributed by atoms with Gasteiger partial charge in [-0.2, -0.15) is 5.10 Å². The molecule has 5 nitrogen and oxygen atoms in total. The van der Waals surface area contributed by atoms with Crippen molar-refractivity contribution in [1.82, 2.24) is 15.2 Å². The van der Waals surface area contributed by atoms with Crippen LogP contribution in [0.25, 0.3) is 11.4 Å². The Morgan fingerprint density at radius 2 is 1.81 bits per heavy atom. The van der Waals surface area contributed by atoms with Crippen LogP contribution in [0.3, 0.4) is 0 Å². The molecule has 0 amide bonds. The van der Waals surface area contributed by atoms with Gasteiger partial charge in [0, 0.05) is 11.5 Å². The van der Waals surface area contributed by atoms with E-state index in [2.05, 4.69) is 10.2 Å². The summed E-state index contributed by atoms with van der Waals surface area (Å²) in [5.41, 5.74) is 0.970. The van der Waals surface area contributed by atoms with Crippen molar-refractivity contribution < 1.29 is 9.47 Å². The molecule has 0 saturated heterocycles. The summed E-state index contributed by atoms with van der Waals surface area (Å²) in [6.07, 6.45) is 6.38. The molecule has 1 aromatic heterocycles. The van der Waals surface area contributed by atoms with Gasteiger partial charge in [0.15, 0.2) is 17.3 Å². The molecule has 0 unspecified atom stereocenters. The molecule has 1 aliphatic carbocycles. The van der Waals surface area contributed by atoms with Crippen LogP contribution in [0.5, 0.6) is 11.5 Å². The molecule has 2 aromatic rings. The Labute approximate surface area is 123 Å². The fraction of sp³-hybridized carbons (Fsp3) is 0.500. The predicted molar refractivity (Wildman–Crippen MR) is 78.6 cm³/mol. The van der Waals surface area contributed by atoms with E-state index >= 15 is 0 Å². The van der Waals surface area contributed by atoms with E-state index in [0.29, 0.717) is 19.1 Å². The van der Waals surface area contributed by atoms with Gasteiger partial charge in [0.05, 0.1) is 0 Å². The number of aromatic amines is 1. The van der Waals surface area contributed by atoms with E-state index < -0.39 is 0 Å². The average Bonchev–Trinajstić information content (AvgIpc) is 3.05. The Morgan fingerprint density at radius 1 is 1.00 bits per heavy atom. The van der Waals surface area contributed by atoms with Crippen molar-refractivity contribution in [2.75, 3.05) is 13.2 Å². The number of aromatic nitrogens is 3. The van der Waals surface area contributed by atoms with Gasteiger partial charge in [-0.1, -0.05) is 19.3 Å². The molecule has 110 valence electrons. The first-order valence-corrected chi connectivity index (χ1v) is 7.72. The third-order valence-corrected chi connectivity index (χ3v) is 4.29. The predicted octanol–water partition coefficient (Wildman–Crippen LogP) is 3.29. The summed E-state index contributed by atoms with van der Waals surface area (Å²) in [6, 6.07) is 5.88. The number of fused-ring (bicyclic) bond motifs is 1. The smallest absolute Gasteiger partial charge is 0.181 e. The van der Waals surface area contributed by atoms with Gasteiger partial charge in [0.25, 0.3) is 0 Å². The summed E-state index contributed by atoms with van der Waals surface area (Å²) in [5.74, 6) is 3.89. The molecule has 21 heavy (non-hydrogen) atoms. The van der Waals surface area contributed by atoms with Crippen LogP contribution < -0.4 is 9.47 Å². The zero-order chi connectivity index (χ0) is 14.1. The Bertz CT molecular complexity index is 632. The number of nitrogens with zero attached hydrogens (tertiary/aromatic N) is 2. The maximum Gasteiger partial charge on any atom is 0.181 e. The first-order chi connectivity index (χ1) is 10.4.